The zero-order chi connectivity index (χ0) is 11.3. The first-order valence-electron chi connectivity index (χ1n) is 4.97. The minimum Gasteiger partial charge on any atom is -0.355 e. The maximum atomic E-state index is 10.6. The zero-order valence-electron chi connectivity index (χ0n) is 9.39. The number of nitrogens with one attached hydrogen (secondary N) is 2. The number of carbonyl (C=O) groups is 1. The molecule has 0 atom stereocenters. The summed E-state index contributed by atoms with van der Waals surface area (Å²) in [5.41, 5.74) is 1.10. The molecular weight excluding hydrogens is 210 g/mol. The molecule has 5 heteroatoms. The van der Waals surface area contributed by atoms with E-state index in [1.54, 1.807) is 11.3 Å². The molecule has 15 heavy (non-hydrogen) atoms. The van der Waals surface area contributed by atoms with Crippen molar-refractivity contribution in [3.8, 4) is 0 Å². The second-order valence-corrected chi connectivity index (χ2v) is 4.69. The summed E-state index contributed by atoms with van der Waals surface area (Å²) in [4.78, 5) is 16.2. The van der Waals surface area contributed by atoms with Gasteiger partial charge < -0.3 is 10.6 Å². The highest BCUT2D eigenvalue weighted by Crippen LogP contribution is 2.16. The largest absolute Gasteiger partial charge is 0.355 e. The van der Waals surface area contributed by atoms with E-state index in [1.165, 1.54) is 11.8 Å². The van der Waals surface area contributed by atoms with Crippen molar-refractivity contribution < 1.29 is 4.79 Å². The molecule has 0 saturated carbocycles. The van der Waals surface area contributed by atoms with Crippen LogP contribution in [0.25, 0.3) is 0 Å². The maximum absolute atomic E-state index is 10.6. The van der Waals surface area contributed by atoms with Crippen LogP contribution in [0.15, 0.2) is 0 Å². The van der Waals surface area contributed by atoms with Crippen molar-refractivity contribution in [1.82, 2.24) is 15.6 Å². The number of nitrogens with zero attached hydrogens (tertiary/aromatic N) is 1. The quantitative estimate of drug-likeness (QED) is 0.737. The van der Waals surface area contributed by atoms with Crippen LogP contribution < -0.4 is 10.6 Å². The van der Waals surface area contributed by atoms with Gasteiger partial charge in [-0.15, -0.1) is 11.3 Å². The highest BCUT2D eigenvalue weighted by atomic mass is 32.1. The molecule has 0 spiro atoms. The standard InChI is InChI=1S/C10H17N3OS/c1-7-10(15-9(3)13-7)6-11-4-5-12-8(2)14/h11H,4-6H2,1-3H3,(H,12,14). The zero-order valence-corrected chi connectivity index (χ0v) is 10.2. The van der Waals surface area contributed by atoms with Crippen molar-refractivity contribution in [2.45, 2.75) is 27.3 Å². The van der Waals surface area contributed by atoms with E-state index < -0.39 is 0 Å². The first-order valence-corrected chi connectivity index (χ1v) is 5.79. The van der Waals surface area contributed by atoms with Crippen molar-refractivity contribution in [3.05, 3.63) is 15.6 Å². The summed E-state index contributed by atoms with van der Waals surface area (Å²) in [7, 11) is 0. The van der Waals surface area contributed by atoms with E-state index in [2.05, 4.69) is 15.6 Å². The third kappa shape index (κ3) is 4.40. The first-order chi connectivity index (χ1) is 7.09. The molecule has 0 aliphatic rings. The van der Waals surface area contributed by atoms with Crippen LogP contribution in [0.2, 0.25) is 0 Å². The molecule has 1 aromatic heterocycles. The SMILES string of the molecule is CC(=O)NCCNCc1sc(C)nc1C. The summed E-state index contributed by atoms with van der Waals surface area (Å²) in [6.45, 7) is 7.85. The molecule has 84 valence electrons. The van der Waals surface area contributed by atoms with E-state index >= 15 is 0 Å². The summed E-state index contributed by atoms with van der Waals surface area (Å²) in [5.74, 6) is 0.0154. The average molecular weight is 227 g/mol. The molecule has 0 unspecified atom stereocenters. The molecule has 0 aromatic carbocycles. The van der Waals surface area contributed by atoms with Crippen molar-refractivity contribution in [2.24, 2.45) is 0 Å². The van der Waals surface area contributed by atoms with Gasteiger partial charge in [0.25, 0.3) is 0 Å². The smallest absolute Gasteiger partial charge is 0.216 e. The van der Waals surface area contributed by atoms with Gasteiger partial charge in [0, 0.05) is 31.4 Å². The number of thiazole rings is 1. The Morgan fingerprint density at radius 1 is 1.40 bits per heavy atom. The fraction of sp³-hybridized carbons (Fsp3) is 0.600. The van der Waals surface area contributed by atoms with Crippen molar-refractivity contribution in [2.75, 3.05) is 13.1 Å². The van der Waals surface area contributed by atoms with Crippen LogP contribution >= 0.6 is 11.3 Å². The van der Waals surface area contributed by atoms with Gasteiger partial charge in [-0.25, -0.2) is 4.98 Å². The first kappa shape index (κ1) is 12.1. The Balaban J connectivity index is 2.20. The number of amides is 1. The number of rotatable bonds is 5. The number of hydrogen-bond donors (Lipinski definition) is 2. The lowest BCUT2D eigenvalue weighted by Gasteiger charge is -2.03. The molecular formula is C10H17N3OS. The van der Waals surface area contributed by atoms with E-state index in [4.69, 9.17) is 0 Å². The third-order valence-electron chi connectivity index (χ3n) is 1.96. The molecule has 2 N–H and O–H groups in total. The van der Waals surface area contributed by atoms with Crippen LogP contribution in [-0.4, -0.2) is 24.0 Å². The number of carbonyl (C=O) groups excluding carboxylic acids is 1. The molecule has 1 amide bonds. The lowest BCUT2D eigenvalue weighted by atomic mass is 10.4. The Bertz CT molecular complexity index is 335. The van der Waals surface area contributed by atoms with Crippen molar-refractivity contribution >= 4 is 17.2 Å². The van der Waals surface area contributed by atoms with Gasteiger partial charge in [0.1, 0.15) is 0 Å². The highest BCUT2D eigenvalue weighted by molar-refractivity contribution is 7.11. The molecule has 0 aliphatic heterocycles. The van der Waals surface area contributed by atoms with Crippen molar-refractivity contribution in [1.29, 1.82) is 0 Å². The second kappa shape index (κ2) is 5.82. The number of aromatic nitrogens is 1. The molecule has 0 radical (unpaired) electrons. The predicted octanol–water partition coefficient (Wildman–Crippen LogP) is 0.986. The van der Waals surface area contributed by atoms with Gasteiger partial charge in [-0.2, -0.15) is 0 Å². The van der Waals surface area contributed by atoms with Crippen molar-refractivity contribution in [3.63, 3.8) is 0 Å². The molecule has 1 aromatic rings. The van der Waals surface area contributed by atoms with E-state index in [0.717, 1.165) is 23.8 Å². The third-order valence-corrected chi connectivity index (χ3v) is 3.03. The fourth-order valence-electron chi connectivity index (χ4n) is 1.27. The van der Waals surface area contributed by atoms with Crippen LogP contribution in [0.4, 0.5) is 0 Å². The molecule has 0 saturated heterocycles. The van der Waals surface area contributed by atoms with E-state index in [-0.39, 0.29) is 5.91 Å². The molecule has 1 heterocycles. The molecule has 1 rings (SSSR count). The van der Waals surface area contributed by atoms with Crippen LogP contribution in [0, 0.1) is 13.8 Å². The Morgan fingerprint density at radius 3 is 2.67 bits per heavy atom. The van der Waals surface area contributed by atoms with Crippen LogP contribution in [0.5, 0.6) is 0 Å². The number of aryl methyl sites for hydroxylation is 2. The minimum absolute atomic E-state index is 0.0154. The summed E-state index contributed by atoms with van der Waals surface area (Å²) in [6, 6.07) is 0. The number of hydrogen-bond acceptors (Lipinski definition) is 4. The van der Waals surface area contributed by atoms with E-state index in [1.807, 2.05) is 13.8 Å². The topological polar surface area (TPSA) is 54.0 Å². The molecule has 0 bridgehead atoms. The van der Waals surface area contributed by atoms with Crippen LogP contribution in [0.3, 0.4) is 0 Å². The molecule has 4 nitrogen and oxygen atoms in total. The second-order valence-electron chi connectivity index (χ2n) is 3.40. The Morgan fingerprint density at radius 2 is 2.13 bits per heavy atom. The van der Waals surface area contributed by atoms with Gasteiger partial charge in [0.15, 0.2) is 0 Å². The van der Waals surface area contributed by atoms with E-state index in [0.29, 0.717) is 6.54 Å². The Kier molecular flexibility index (Phi) is 4.71. The van der Waals surface area contributed by atoms with Gasteiger partial charge in [0.2, 0.25) is 5.91 Å². The summed E-state index contributed by atoms with van der Waals surface area (Å²) in [5, 5.41) is 7.11. The Hall–Kier alpha value is -0.940. The van der Waals surface area contributed by atoms with Gasteiger partial charge in [0.05, 0.1) is 10.7 Å². The Labute approximate surface area is 94.1 Å². The van der Waals surface area contributed by atoms with Crippen LogP contribution in [0.1, 0.15) is 22.5 Å². The normalized spacial score (nSPS) is 10.3. The minimum atomic E-state index is 0.0154. The van der Waals surface area contributed by atoms with Gasteiger partial charge in [-0.05, 0) is 13.8 Å². The predicted molar refractivity (Wildman–Crippen MR) is 62.0 cm³/mol. The lowest BCUT2D eigenvalue weighted by Crippen LogP contribution is -2.29. The monoisotopic (exact) mass is 227 g/mol. The van der Waals surface area contributed by atoms with E-state index in [9.17, 15) is 4.79 Å². The summed E-state index contributed by atoms with van der Waals surface area (Å²) < 4.78 is 0. The molecule has 0 fully saturated rings. The van der Waals surface area contributed by atoms with Crippen LogP contribution in [-0.2, 0) is 11.3 Å². The lowest BCUT2D eigenvalue weighted by molar-refractivity contribution is -0.118. The van der Waals surface area contributed by atoms with Gasteiger partial charge >= 0.3 is 0 Å². The maximum Gasteiger partial charge on any atom is 0.216 e. The summed E-state index contributed by atoms with van der Waals surface area (Å²) in [6.07, 6.45) is 0. The van der Waals surface area contributed by atoms with Gasteiger partial charge in [-0.1, -0.05) is 0 Å². The summed E-state index contributed by atoms with van der Waals surface area (Å²) >= 11 is 1.72. The van der Waals surface area contributed by atoms with Gasteiger partial charge in [-0.3, -0.25) is 4.79 Å². The molecule has 0 aliphatic carbocycles. The average Bonchev–Trinajstić information content (AvgIpc) is 2.44. The highest BCUT2D eigenvalue weighted by Gasteiger charge is 2.03. The fourth-order valence-corrected chi connectivity index (χ4v) is 2.17.